The van der Waals surface area contributed by atoms with Gasteiger partial charge in [0.1, 0.15) is 0 Å². The minimum Gasteiger partial charge on any atom is -0.395 e. The summed E-state index contributed by atoms with van der Waals surface area (Å²) in [7, 11) is 0. The lowest BCUT2D eigenvalue weighted by atomic mass is 10.3. The fraction of sp³-hybridized carbons (Fsp3) is 0.500. The van der Waals surface area contributed by atoms with E-state index in [9.17, 15) is 5.11 Å². The molecule has 5 heteroatoms. The molecule has 0 aliphatic rings. The van der Waals surface area contributed by atoms with Gasteiger partial charge >= 0.3 is 0 Å². The normalized spacial score (nSPS) is 13.1. The maximum atomic E-state index is 9.24. The first-order chi connectivity index (χ1) is 8.02. The van der Waals surface area contributed by atoms with Crippen molar-refractivity contribution in [2.24, 2.45) is 0 Å². The zero-order chi connectivity index (χ0) is 12.8. The predicted octanol–water partition coefficient (Wildman–Crippen LogP) is 3.44. The SMILES string of the molecule is CC(C)NC(CO)CSc1cc(Cl)ccc1Cl. The summed E-state index contributed by atoms with van der Waals surface area (Å²) in [4.78, 5) is 0.947. The van der Waals surface area contributed by atoms with Crippen molar-refractivity contribution in [1.82, 2.24) is 5.32 Å². The van der Waals surface area contributed by atoms with Gasteiger partial charge in [0.05, 0.1) is 11.6 Å². The molecule has 0 aliphatic carbocycles. The van der Waals surface area contributed by atoms with Crippen molar-refractivity contribution in [2.75, 3.05) is 12.4 Å². The van der Waals surface area contributed by atoms with Crippen LogP contribution in [0.1, 0.15) is 13.8 Å². The van der Waals surface area contributed by atoms with Crippen LogP contribution in [0.25, 0.3) is 0 Å². The van der Waals surface area contributed by atoms with Gasteiger partial charge in [0, 0.05) is 27.8 Å². The van der Waals surface area contributed by atoms with Crippen LogP contribution in [-0.2, 0) is 0 Å². The topological polar surface area (TPSA) is 32.3 Å². The smallest absolute Gasteiger partial charge is 0.0592 e. The molecule has 0 saturated heterocycles. The summed E-state index contributed by atoms with van der Waals surface area (Å²) in [5.41, 5.74) is 0. The van der Waals surface area contributed by atoms with Gasteiger partial charge in [-0.2, -0.15) is 0 Å². The summed E-state index contributed by atoms with van der Waals surface area (Å²) in [6.07, 6.45) is 0. The maximum absolute atomic E-state index is 9.24. The van der Waals surface area contributed by atoms with Crippen LogP contribution in [0.2, 0.25) is 10.0 Å². The highest BCUT2D eigenvalue weighted by Crippen LogP contribution is 2.30. The van der Waals surface area contributed by atoms with Crippen LogP contribution in [0.4, 0.5) is 0 Å². The molecule has 96 valence electrons. The highest BCUT2D eigenvalue weighted by Gasteiger charge is 2.10. The predicted molar refractivity (Wildman–Crippen MR) is 76.3 cm³/mol. The van der Waals surface area contributed by atoms with Gasteiger partial charge in [-0.05, 0) is 18.2 Å². The Bertz CT molecular complexity index is 360. The van der Waals surface area contributed by atoms with E-state index in [0.717, 1.165) is 10.6 Å². The third kappa shape index (κ3) is 5.49. The third-order valence-electron chi connectivity index (χ3n) is 2.12. The molecule has 0 saturated carbocycles. The quantitative estimate of drug-likeness (QED) is 0.788. The Morgan fingerprint density at radius 1 is 1.35 bits per heavy atom. The number of hydrogen-bond donors (Lipinski definition) is 2. The summed E-state index contributed by atoms with van der Waals surface area (Å²) in [5.74, 6) is 0.759. The largest absolute Gasteiger partial charge is 0.395 e. The number of rotatable bonds is 6. The lowest BCUT2D eigenvalue weighted by Crippen LogP contribution is -2.39. The number of nitrogens with one attached hydrogen (secondary N) is 1. The molecule has 1 unspecified atom stereocenters. The van der Waals surface area contributed by atoms with Gasteiger partial charge in [-0.25, -0.2) is 0 Å². The molecule has 0 spiro atoms. The number of halogens is 2. The molecule has 2 nitrogen and oxygen atoms in total. The number of aliphatic hydroxyl groups is 1. The minimum absolute atomic E-state index is 0.0649. The molecule has 17 heavy (non-hydrogen) atoms. The molecule has 0 aliphatic heterocycles. The minimum atomic E-state index is 0.0649. The Kier molecular flexibility index (Phi) is 6.67. The zero-order valence-corrected chi connectivity index (χ0v) is 12.2. The zero-order valence-electron chi connectivity index (χ0n) is 9.91. The first-order valence-corrected chi connectivity index (χ1v) is 7.22. The molecule has 0 bridgehead atoms. The van der Waals surface area contributed by atoms with E-state index in [1.165, 1.54) is 0 Å². The Morgan fingerprint density at radius 2 is 2.06 bits per heavy atom. The van der Waals surface area contributed by atoms with Crippen LogP contribution in [-0.4, -0.2) is 29.5 Å². The van der Waals surface area contributed by atoms with Gasteiger partial charge in [0.25, 0.3) is 0 Å². The van der Waals surface area contributed by atoms with Crippen LogP contribution >= 0.6 is 35.0 Å². The molecule has 0 fully saturated rings. The fourth-order valence-electron chi connectivity index (χ4n) is 1.40. The molecular weight excluding hydrogens is 277 g/mol. The van der Waals surface area contributed by atoms with E-state index in [1.54, 1.807) is 23.9 Å². The molecule has 0 aromatic heterocycles. The first kappa shape index (κ1) is 15.1. The molecule has 0 radical (unpaired) electrons. The molecule has 0 amide bonds. The molecule has 1 rings (SSSR count). The van der Waals surface area contributed by atoms with E-state index in [1.807, 2.05) is 6.07 Å². The van der Waals surface area contributed by atoms with Gasteiger partial charge in [-0.1, -0.05) is 37.0 Å². The average molecular weight is 294 g/mol. The summed E-state index contributed by atoms with van der Waals surface area (Å²) < 4.78 is 0. The van der Waals surface area contributed by atoms with Gasteiger partial charge < -0.3 is 10.4 Å². The molecule has 1 aromatic carbocycles. The lowest BCUT2D eigenvalue weighted by Gasteiger charge is -2.18. The van der Waals surface area contributed by atoms with E-state index < -0.39 is 0 Å². The van der Waals surface area contributed by atoms with E-state index in [-0.39, 0.29) is 12.6 Å². The van der Waals surface area contributed by atoms with Gasteiger partial charge in [0.2, 0.25) is 0 Å². The van der Waals surface area contributed by atoms with E-state index in [4.69, 9.17) is 23.2 Å². The number of hydrogen-bond acceptors (Lipinski definition) is 3. The van der Waals surface area contributed by atoms with Crippen molar-refractivity contribution in [3.63, 3.8) is 0 Å². The van der Waals surface area contributed by atoms with Crippen LogP contribution in [0, 0.1) is 0 Å². The first-order valence-electron chi connectivity index (χ1n) is 5.47. The van der Waals surface area contributed by atoms with Gasteiger partial charge in [-0.3, -0.25) is 0 Å². The lowest BCUT2D eigenvalue weighted by molar-refractivity contribution is 0.247. The second-order valence-corrected chi connectivity index (χ2v) is 5.99. The second kappa shape index (κ2) is 7.49. The van der Waals surface area contributed by atoms with Crippen molar-refractivity contribution in [3.8, 4) is 0 Å². The standard InChI is InChI=1S/C12H17Cl2NOS/c1-8(2)15-10(6-16)7-17-12-5-9(13)3-4-11(12)14/h3-5,8,10,15-16H,6-7H2,1-2H3. The third-order valence-corrected chi connectivity index (χ3v) is 4.02. The van der Waals surface area contributed by atoms with Crippen molar-refractivity contribution in [1.29, 1.82) is 0 Å². The average Bonchev–Trinajstić information content (AvgIpc) is 2.28. The molecule has 1 aromatic rings. The summed E-state index contributed by atoms with van der Waals surface area (Å²) in [6, 6.07) is 5.82. The number of benzene rings is 1. The number of aliphatic hydroxyl groups excluding tert-OH is 1. The van der Waals surface area contributed by atoms with Crippen molar-refractivity contribution >= 4 is 35.0 Å². The summed E-state index contributed by atoms with van der Waals surface area (Å²) >= 11 is 13.6. The molecule has 2 N–H and O–H groups in total. The van der Waals surface area contributed by atoms with E-state index >= 15 is 0 Å². The van der Waals surface area contributed by atoms with Crippen LogP contribution < -0.4 is 5.32 Å². The monoisotopic (exact) mass is 293 g/mol. The Labute approximate surface area is 117 Å². The highest BCUT2D eigenvalue weighted by atomic mass is 35.5. The molecule has 1 atom stereocenters. The second-order valence-electron chi connectivity index (χ2n) is 4.09. The summed E-state index contributed by atoms with van der Waals surface area (Å²) in [5, 5.41) is 13.9. The summed E-state index contributed by atoms with van der Waals surface area (Å²) in [6.45, 7) is 4.22. The van der Waals surface area contributed by atoms with Crippen LogP contribution in [0.3, 0.4) is 0 Å². The van der Waals surface area contributed by atoms with E-state index in [0.29, 0.717) is 16.1 Å². The van der Waals surface area contributed by atoms with Crippen molar-refractivity contribution in [2.45, 2.75) is 30.8 Å². The highest BCUT2D eigenvalue weighted by molar-refractivity contribution is 7.99. The van der Waals surface area contributed by atoms with Gasteiger partial charge in [0.15, 0.2) is 0 Å². The Hall–Kier alpha value is 0.0700. The molecular formula is C12H17Cl2NOS. The Morgan fingerprint density at radius 3 is 2.65 bits per heavy atom. The Balaban J connectivity index is 2.56. The van der Waals surface area contributed by atoms with Crippen molar-refractivity contribution < 1.29 is 5.11 Å². The fourth-order valence-corrected chi connectivity index (χ4v) is 2.92. The number of thioether (sulfide) groups is 1. The van der Waals surface area contributed by atoms with E-state index in [2.05, 4.69) is 19.2 Å². The maximum Gasteiger partial charge on any atom is 0.0592 e. The molecule has 0 heterocycles. The van der Waals surface area contributed by atoms with Gasteiger partial charge in [-0.15, -0.1) is 11.8 Å². The van der Waals surface area contributed by atoms with Crippen LogP contribution in [0.5, 0.6) is 0 Å². The van der Waals surface area contributed by atoms with Crippen LogP contribution in [0.15, 0.2) is 23.1 Å². The van der Waals surface area contributed by atoms with Crippen molar-refractivity contribution in [3.05, 3.63) is 28.2 Å².